The van der Waals surface area contributed by atoms with E-state index in [1.165, 1.54) is 6.54 Å². The van der Waals surface area contributed by atoms with Crippen LogP contribution < -0.4 is 0 Å². The van der Waals surface area contributed by atoms with E-state index in [0.717, 1.165) is 6.54 Å². The maximum atomic E-state index is 10.5. The van der Waals surface area contributed by atoms with E-state index < -0.39 is 0 Å². The molecule has 0 aromatic carbocycles. The first-order chi connectivity index (χ1) is 3.79. The van der Waals surface area contributed by atoms with Crippen LogP contribution in [0.1, 0.15) is 0 Å². The number of rotatable bonds is 0. The molecule has 0 saturated carbocycles. The van der Waals surface area contributed by atoms with Gasteiger partial charge in [0.25, 0.3) is 0 Å². The number of hydrogen-bond acceptors (Lipinski definition) is 3. The fraction of sp³-hybridized carbons (Fsp3) is 0.400. The molecule has 0 N–H and O–H groups in total. The number of fused-ring (bicyclic) bond motifs is 1. The Morgan fingerprint density at radius 3 is 2.62 bits per heavy atom. The van der Waals surface area contributed by atoms with Crippen LogP contribution in [0.5, 0.6) is 0 Å². The molecule has 2 aliphatic rings. The van der Waals surface area contributed by atoms with Gasteiger partial charge in [0.15, 0.2) is 0 Å². The van der Waals surface area contributed by atoms with Crippen molar-refractivity contribution in [3.63, 3.8) is 0 Å². The van der Waals surface area contributed by atoms with Crippen molar-refractivity contribution in [3.05, 3.63) is 6.54 Å². The molecule has 2 saturated heterocycles. The molecule has 2 aliphatic heterocycles. The largest absolute Gasteiger partial charge is 0.289 e. The molecule has 3 nitrogen and oxygen atoms in total. The van der Waals surface area contributed by atoms with Gasteiger partial charge in [-0.05, 0) is 0 Å². The van der Waals surface area contributed by atoms with Crippen LogP contribution in [-0.4, -0.2) is 29.1 Å². The zero-order valence-corrected chi connectivity index (χ0v) is 4.13. The van der Waals surface area contributed by atoms with Gasteiger partial charge >= 0.3 is 0 Å². The van der Waals surface area contributed by atoms with Crippen LogP contribution >= 0.6 is 0 Å². The Labute approximate surface area is 46.3 Å². The monoisotopic (exact) mass is 110 g/mol. The molecule has 41 valence electrons. The molecule has 0 spiro atoms. The predicted molar refractivity (Wildman–Crippen MR) is 24.8 cm³/mol. The van der Waals surface area contributed by atoms with E-state index in [2.05, 4.69) is 0 Å². The van der Waals surface area contributed by atoms with Crippen LogP contribution in [0.15, 0.2) is 0 Å². The van der Waals surface area contributed by atoms with Crippen molar-refractivity contribution in [1.29, 1.82) is 0 Å². The Morgan fingerprint density at radius 2 is 2.38 bits per heavy atom. The molecule has 0 aromatic heterocycles. The number of piperidine rings is 1. The van der Waals surface area contributed by atoms with Gasteiger partial charge in [0.05, 0.1) is 6.04 Å². The third-order valence-corrected chi connectivity index (χ3v) is 1.48. The van der Waals surface area contributed by atoms with Gasteiger partial charge in [-0.3, -0.25) is 14.5 Å². The van der Waals surface area contributed by atoms with Gasteiger partial charge in [0, 0.05) is 6.54 Å². The van der Waals surface area contributed by atoms with Crippen LogP contribution in [0.4, 0.5) is 0 Å². The number of nitrogens with zero attached hydrogens (tertiary/aromatic N) is 1. The van der Waals surface area contributed by atoms with Crippen molar-refractivity contribution in [2.75, 3.05) is 6.54 Å². The Bertz CT molecular complexity index is 175. The summed E-state index contributed by atoms with van der Waals surface area (Å²) in [6.45, 7) is 2.15. The smallest absolute Gasteiger partial charge is 0.219 e. The number of Topliss-reactive ketones (excluding diaryl/α,β-unsaturated/α-hetero) is 2. The van der Waals surface area contributed by atoms with Crippen molar-refractivity contribution in [2.45, 2.75) is 6.04 Å². The van der Waals surface area contributed by atoms with Crippen LogP contribution in [0.2, 0.25) is 0 Å². The van der Waals surface area contributed by atoms with Crippen LogP contribution in [0.25, 0.3) is 0 Å². The number of ketones is 2. The highest BCUT2D eigenvalue weighted by Crippen LogP contribution is 2.27. The van der Waals surface area contributed by atoms with Crippen molar-refractivity contribution >= 4 is 11.6 Å². The van der Waals surface area contributed by atoms with E-state index in [1.54, 1.807) is 4.90 Å². The molecule has 2 heterocycles. The van der Waals surface area contributed by atoms with Gasteiger partial charge in [-0.2, -0.15) is 0 Å². The third-order valence-electron chi connectivity index (χ3n) is 1.48. The lowest BCUT2D eigenvalue weighted by Crippen LogP contribution is -2.13. The molecule has 1 radical (unpaired) electrons. The van der Waals surface area contributed by atoms with Crippen molar-refractivity contribution in [2.24, 2.45) is 0 Å². The molecule has 2 fully saturated rings. The van der Waals surface area contributed by atoms with E-state index in [0.29, 0.717) is 0 Å². The summed E-state index contributed by atoms with van der Waals surface area (Å²) in [5.41, 5.74) is 0. The average molecular weight is 110 g/mol. The normalized spacial score (nSPS) is 42.5. The molecule has 3 heteroatoms. The maximum Gasteiger partial charge on any atom is 0.219 e. The SMILES string of the molecule is O=C1[CH]N2CC2C1=O. The van der Waals surface area contributed by atoms with Gasteiger partial charge in [0.1, 0.15) is 6.54 Å². The summed E-state index contributed by atoms with van der Waals surface area (Å²) in [4.78, 5) is 22.6. The number of hydrogen-bond donors (Lipinski definition) is 0. The van der Waals surface area contributed by atoms with E-state index in [9.17, 15) is 9.59 Å². The van der Waals surface area contributed by atoms with E-state index in [1.807, 2.05) is 0 Å². The molecule has 0 aliphatic carbocycles. The summed E-state index contributed by atoms with van der Waals surface area (Å²) >= 11 is 0. The fourth-order valence-electron chi connectivity index (χ4n) is 0.907. The lowest BCUT2D eigenvalue weighted by atomic mass is 10.2. The molecule has 2 unspecified atom stereocenters. The second-order valence-corrected chi connectivity index (χ2v) is 2.07. The lowest BCUT2D eigenvalue weighted by Gasteiger charge is -1.81. The third kappa shape index (κ3) is 0.327. The minimum atomic E-state index is -0.332. The quantitative estimate of drug-likeness (QED) is 0.296. The van der Waals surface area contributed by atoms with Crippen LogP contribution in [0, 0.1) is 6.54 Å². The second-order valence-electron chi connectivity index (χ2n) is 2.07. The van der Waals surface area contributed by atoms with Gasteiger partial charge in [-0.1, -0.05) is 0 Å². The van der Waals surface area contributed by atoms with E-state index in [4.69, 9.17) is 0 Å². The summed E-state index contributed by atoms with van der Waals surface area (Å²) in [7, 11) is 0. The maximum absolute atomic E-state index is 10.5. The number of carbonyl (C=O) groups is 2. The Kier molecular flexibility index (Phi) is 0.526. The van der Waals surface area contributed by atoms with Gasteiger partial charge < -0.3 is 0 Å². The van der Waals surface area contributed by atoms with Crippen molar-refractivity contribution in [1.82, 2.24) is 4.90 Å². The first kappa shape index (κ1) is 4.21. The highest BCUT2D eigenvalue weighted by molar-refractivity contribution is 6.45. The molecule has 2 rings (SSSR count). The molecular formula is C5H4NO2. The average Bonchev–Trinajstić information content (AvgIpc) is 2.39. The Balaban J connectivity index is 2.31. The molecule has 0 aromatic rings. The molecule has 8 heavy (non-hydrogen) atoms. The molecular weight excluding hydrogens is 106 g/mol. The molecule has 0 amide bonds. The zero-order valence-electron chi connectivity index (χ0n) is 4.13. The standard InChI is InChI=1S/C5H4NO2/c7-4-2-6-1-3(6)5(4)8/h2-3H,1H2. The molecule has 2 atom stereocenters. The highest BCUT2D eigenvalue weighted by atomic mass is 16.2. The number of carbonyl (C=O) groups excluding carboxylic acids is 2. The lowest BCUT2D eigenvalue weighted by molar-refractivity contribution is -0.132. The Morgan fingerprint density at radius 1 is 1.62 bits per heavy atom. The first-order valence-electron chi connectivity index (χ1n) is 2.48. The zero-order chi connectivity index (χ0) is 5.72. The van der Waals surface area contributed by atoms with Gasteiger partial charge in [0.2, 0.25) is 11.6 Å². The topological polar surface area (TPSA) is 37.1 Å². The predicted octanol–water partition coefficient (Wildman–Crippen LogP) is -1.02. The summed E-state index contributed by atoms with van der Waals surface area (Å²) in [5.74, 6) is -0.564. The van der Waals surface area contributed by atoms with Gasteiger partial charge in [-0.25, -0.2) is 0 Å². The van der Waals surface area contributed by atoms with E-state index >= 15 is 0 Å². The Hall–Kier alpha value is -0.700. The second kappa shape index (κ2) is 1.00. The van der Waals surface area contributed by atoms with Crippen molar-refractivity contribution < 1.29 is 9.59 Å². The highest BCUT2D eigenvalue weighted by Gasteiger charge is 2.51. The minimum absolute atomic E-state index is 0.0532. The summed E-state index contributed by atoms with van der Waals surface area (Å²) in [5, 5.41) is 0. The van der Waals surface area contributed by atoms with Gasteiger partial charge in [-0.15, -0.1) is 0 Å². The van der Waals surface area contributed by atoms with Crippen molar-refractivity contribution in [3.8, 4) is 0 Å². The summed E-state index contributed by atoms with van der Waals surface area (Å²) in [6.07, 6.45) is 0. The molecule has 0 bridgehead atoms. The first-order valence-corrected chi connectivity index (χ1v) is 2.48. The summed E-state index contributed by atoms with van der Waals surface area (Å²) < 4.78 is 0. The fourth-order valence-corrected chi connectivity index (χ4v) is 0.907. The van der Waals surface area contributed by atoms with E-state index in [-0.39, 0.29) is 17.6 Å². The van der Waals surface area contributed by atoms with Crippen LogP contribution in [0.3, 0.4) is 0 Å². The minimum Gasteiger partial charge on any atom is -0.289 e. The summed E-state index contributed by atoms with van der Waals surface area (Å²) in [6, 6.07) is -0.0532. The van der Waals surface area contributed by atoms with Crippen LogP contribution in [-0.2, 0) is 9.59 Å².